The Morgan fingerprint density at radius 2 is 0.536 bits per heavy atom. The fourth-order valence-corrected chi connectivity index (χ4v) is 8.13. The van der Waals surface area contributed by atoms with Gasteiger partial charge in [-0.3, -0.25) is 81.5 Å². The number of ketones is 20. The van der Waals surface area contributed by atoms with Gasteiger partial charge in [0.2, 0.25) is 23.1 Å². The first kappa shape index (κ1) is 123. The van der Waals surface area contributed by atoms with Crippen molar-refractivity contribution in [2.24, 2.45) is 0 Å². The standard InChI is InChI=1S/C9H18O4.3C9H14O4.5C9H16O3/c1-7(10)5-8(11)3-4-9(12)6-13-2;1-7(10)3-4-8(11)5-9(12)6-13-2;1-7(10)9(12)5-3-4-8(11)6-13-2;1-7(10)4-3-5-8(11)9(12)6-13-2;1-8(10)5-3-4-6-9(11)7-12-2;1-3-8(10)5-4-6-9(11)7-12-2;1-3-4-8(10)5-6-9(11)7-12-2;1-3-4-5-8(10)6-9(11)7-12-2;1-3-4-5-6-8(10)9(11)7-12-2/h7-8,10-11H,3-6H2,1-2H3;3*3-6H2,1-2H3;5*3-7H2,1-2H3. The Balaban J connectivity index is -0.000000152. The van der Waals surface area contributed by atoms with Gasteiger partial charge in [-0.25, -0.2) is 0 Å². The molecule has 0 fully saturated rings. The van der Waals surface area contributed by atoms with Gasteiger partial charge >= 0.3 is 0 Å². The average Bonchev–Trinajstić information content (AvgIpc) is 1.01. The molecule has 0 aliphatic heterocycles. The maximum Gasteiger partial charge on any atom is 0.223 e. The summed E-state index contributed by atoms with van der Waals surface area (Å²) >= 11 is 0. The van der Waals surface area contributed by atoms with E-state index in [4.69, 9.17) is 5.11 Å². The van der Waals surface area contributed by atoms with E-state index in [0.717, 1.165) is 51.4 Å². The third-order valence-electron chi connectivity index (χ3n) is 14.0. The molecule has 0 aromatic rings. The topological polar surface area (TPSA) is 465 Å². The van der Waals surface area contributed by atoms with Gasteiger partial charge in [0.25, 0.3) is 0 Å². The zero-order valence-corrected chi connectivity index (χ0v) is 70.9. The molecule has 0 aromatic heterocycles. The third-order valence-corrected chi connectivity index (χ3v) is 14.0. The van der Waals surface area contributed by atoms with Crippen molar-refractivity contribution < 1.29 is 149 Å². The zero-order valence-electron chi connectivity index (χ0n) is 70.9. The van der Waals surface area contributed by atoms with Crippen molar-refractivity contribution in [3.8, 4) is 0 Å². The van der Waals surface area contributed by atoms with Crippen molar-refractivity contribution in [3.05, 3.63) is 0 Å². The van der Waals surface area contributed by atoms with E-state index < -0.39 is 41.1 Å². The van der Waals surface area contributed by atoms with Gasteiger partial charge in [0.05, 0.1) is 25.0 Å². The molecule has 0 aromatic carbocycles. The van der Waals surface area contributed by atoms with Crippen LogP contribution in [0.2, 0.25) is 0 Å². The third kappa shape index (κ3) is 112. The Labute approximate surface area is 665 Å². The van der Waals surface area contributed by atoms with E-state index in [1.807, 2.05) is 20.8 Å². The SMILES string of the molecule is CCC(=O)CCCC(=O)COC.CCCC(=O)CCC(=O)COC.CCCCC(=O)CC(=O)COC.CCCCCC(=O)C(=O)COC.COCC(=O)C(=O)CCCC(C)=O.COCC(=O)CC(=O)CCC(C)=O.COCC(=O)CCC(O)CC(C)O.COCC(=O)CCCC(=O)C(C)=O.COCC(=O)CCCCC(C)=O. The highest BCUT2D eigenvalue weighted by molar-refractivity contribution is 6.38. The molecule has 0 aliphatic carbocycles. The Bertz CT molecular complexity index is 2620. The van der Waals surface area contributed by atoms with Gasteiger partial charge in [0, 0.05) is 180 Å². The predicted molar refractivity (Wildman–Crippen MR) is 418 cm³/mol. The summed E-state index contributed by atoms with van der Waals surface area (Å²) in [4.78, 5) is 216. The maximum absolute atomic E-state index is 11.0. The van der Waals surface area contributed by atoms with Gasteiger partial charge in [-0.1, -0.05) is 47.0 Å². The number of unbranched alkanes of at least 4 members (excludes halogenated alkanes) is 4. The number of methoxy groups -OCH3 is 9. The molecule has 31 heteroatoms. The quantitative estimate of drug-likeness (QED) is 0.0327. The van der Waals surface area contributed by atoms with Crippen LogP contribution in [0.25, 0.3) is 0 Å². The van der Waals surface area contributed by atoms with Crippen LogP contribution in [0.4, 0.5) is 0 Å². The van der Waals surface area contributed by atoms with Crippen LogP contribution in [0.15, 0.2) is 0 Å². The second kappa shape index (κ2) is 92.8. The summed E-state index contributed by atoms with van der Waals surface area (Å²) in [7, 11) is 13.0. The van der Waals surface area contributed by atoms with E-state index in [1.165, 1.54) is 84.8 Å². The van der Waals surface area contributed by atoms with Crippen molar-refractivity contribution >= 4 is 116 Å². The first-order chi connectivity index (χ1) is 52.8. The number of ether oxygens (including phenoxy) is 9. The smallest absolute Gasteiger partial charge is 0.223 e. The van der Waals surface area contributed by atoms with E-state index in [1.54, 1.807) is 13.8 Å². The van der Waals surface area contributed by atoms with Gasteiger partial charge in [-0.2, -0.15) is 0 Å². The zero-order chi connectivity index (χ0) is 88.1. The lowest BCUT2D eigenvalue weighted by atomic mass is 10.1. The number of carbonyl (C=O) groups is 20. The van der Waals surface area contributed by atoms with Crippen molar-refractivity contribution in [3.63, 3.8) is 0 Å². The minimum Gasteiger partial charge on any atom is -0.393 e. The monoisotopic (exact) mass is 1610 g/mol. The average molecular weight is 1610 g/mol. The van der Waals surface area contributed by atoms with Crippen molar-refractivity contribution in [1.82, 2.24) is 0 Å². The van der Waals surface area contributed by atoms with E-state index in [9.17, 15) is 101 Å². The highest BCUT2D eigenvalue weighted by Crippen LogP contribution is 2.08. The summed E-state index contributed by atoms with van der Waals surface area (Å²) in [6.45, 7) is 15.6. The molecule has 2 atom stereocenters. The summed E-state index contributed by atoms with van der Waals surface area (Å²) in [6, 6.07) is 0. The van der Waals surface area contributed by atoms with E-state index in [0.29, 0.717) is 116 Å². The fraction of sp³-hybridized carbons (Fsp3) is 0.753. The minimum absolute atomic E-state index is 0.00181. The molecule has 0 bridgehead atoms. The summed E-state index contributed by atoms with van der Waals surface area (Å²) in [5, 5.41) is 18.2. The van der Waals surface area contributed by atoms with Gasteiger partial charge in [0.1, 0.15) is 99.9 Å². The highest BCUT2D eigenvalue weighted by atomic mass is 16.5. The van der Waals surface area contributed by atoms with E-state index in [2.05, 4.69) is 49.6 Å². The van der Waals surface area contributed by atoms with Gasteiger partial charge in [-0.05, 0) is 91.9 Å². The molecule has 0 aliphatic rings. The molecule has 0 radical (unpaired) electrons. The number of aliphatic hydroxyl groups is 2. The molecule has 0 saturated carbocycles. The largest absolute Gasteiger partial charge is 0.393 e. The molecule has 2 N–H and O–H groups in total. The normalized spacial score (nSPS) is 10.4. The van der Waals surface area contributed by atoms with Gasteiger partial charge in [-0.15, -0.1) is 0 Å². The van der Waals surface area contributed by atoms with Crippen molar-refractivity contribution in [2.45, 2.75) is 280 Å². The maximum atomic E-state index is 11.0. The predicted octanol–water partition coefficient (Wildman–Crippen LogP) is 8.46. The second-order valence-electron chi connectivity index (χ2n) is 25.7. The Kier molecular flexibility index (Phi) is 102. The number of hydrogen-bond donors (Lipinski definition) is 2. The van der Waals surface area contributed by atoms with Crippen LogP contribution in [0.5, 0.6) is 0 Å². The lowest BCUT2D eigenvalue weighted by molar-refractivity contribution is -0.138. The molecule has 0 spiro atoms. The van der Waals surface area contributed by atoms with E-state index in [-0.39, 0.29) is 185 Å². The first-order valence-electron chi connectivity index (χ1n) is 37.9. The van der Waals surface area contributed by atoms with Crippen LogP contribution in [-0.2, 0) is 139 Å². The molecule has 2 unspecified atom stereocenters. The lowest BCUT2D eigenvalue weighted by Gasteiger charge is -2.11. The molecular weight excluding hydrogens is 1470 g/mol. The summed E-state index contributed by atoms with van der Waals surface area (Å²) in [5.41, 5.74) is 0. The first-order valence-corrected chi connectivity index (χ1v) is 37.9. The van der Waals surface area contributed by atoms with Crippen LogP contribution in [0.3, 0.4) is 0 Å². The highest BCUT2D eigenvalue weighted by Gasteiger charge is 2.16. The number of hydrogen-bond acceptors (Lipinski definition) is 31. The molecule has 0 rings (SSSR count). The van der Waals surface area contributed by atoms with Crippen molar-refractivity contribution in [1.29, 1.82) is 0 Å². The molecular formula is C81H140O31. The summed E-state index contributed by atoms with van der Waals surface area (Å²) in [6.07, 6.45) is 14.7. The van der Waals surface area contributed by atoms with Crippen molar-refractivity contribution in [2.75, 3.05) is 123 Å². The Morgan fingerprint density at radius 1 is 0.250 bits per heavy atom. The van der Waals surface area contributed by atoms with Crippen LogP contribution in [0.1, 0.15) is 268 Å². The molecule has 31 nitrogen and oxygen atoms in total. The second-order valence-corrected chi connectivity index (χ2v) is 25.7. The van der Waals surface area contributed by atoms with Crippen LogP contribution >= 0.6 is 0 Å². The Hall–Kier alpha value is -7.04. The summed E-state index contributed by atoms with van der Waals surface area (Å²) in [5.74, 6) is -2.38. The van der Waals surface area contributed by atoms with Gasteiger partial charge in [0.15, 0.2) is 52.0 Å². The number of rotatable bonds is 63. The molecule has 112 heavy (non-hydrogen) atoms. The fourth-order valence-electron chi connectivity index (χ4n) is 8.13. The van der Waals surface area contributed by atoms with Crippen LogP contribution in [-0.4, -0.2) is 262 Å². The minimum atomic E-state index is -0.596. The number of Topliss-reactive ketones (excluding diaryl/α,β-unsaturated/α-hetero) is 20. The van der Waals surface area contributed by atoms with Gasteiger partial charge < -0.3 is 67.2 Å². The number of aliphatic hydroxyl groups excluding tert-OH is 2. The molecule has 0 heterocycles. The number of carbonyl (C=O) groups excluding carboxylic acids is 20. The van der Waals surface area contributed by atoms with Crippen LogP contribution < -0.4 is 0 Å². The molecule has 0 amide bonds. The Morgan fingerprint density at radius 3 is 0.902 bits per heavy atom. The molecule has 650 valence electrons. The van der Waals surface area contributed by atoms with Crippen LogP contribution in [0, 0.1) is 0 Å². The molecule has 0 saturated heterocycles. The van der Waals surface area contributed by atoms with E-state index >= 15 is 0 Å². The summed E-state index contributed by atoms with van der Waals surface area (Å²) < 4.78 is 41.4. The lowest BCUT2D eigenvalue weighted by Crippen LogP contribution is -2.18.